The summed E-state index contributed by atoms with van der Waals surface area (Å²) in [6, 6.07) is 6.49. The largest absolute Gasteiger partial charge is 0.396 e. The SMILES string of the molecule is Cc1nn(C)c(Cl)c1CC(CO)c1ccccc1F. The van der Waals surface area contributed by atoms with Crippen LogP contribution in [0.5, 0.6) is 0 Å². The van der Waals surface area contributed by atoms with E-state index in [1.807, 2.05) is 6.92 Å². The summed E-state index contributed by atoms with van der Waals surface area (Å²) in [5.74, 6) is -0.624. The first-order chi connectivity index (χ1) is 9.04. The number of aromatic nitrogens is 2. The van der Waals surface area contributed by atoms with E-state index in [2.05, 4.69) is 5.10 Å². The van der Waals surface area contributed by atoms with E-state index in [1.165, 1.54) is 6.07 Å². The Morgan fingerprint density at radius 1 is 1.42 bits per heavy atom. The highest BCUT2D eigenvalue weighted by molar-refractivity contribution is 6.30. The zero-order valence-corrected chi connectivity index (χ0v) is 11.7. The van der Waals surface area contributed by atoms with Gasteiger partial charge in [-0.3, -0.25) is 4.68 Å². The van der Waals surface area contributed by atoms with E-state index in [-0.39, 0.29) is 18.3 Å². The smallest absolute Gasteiger partial charge is 0.130 e. The zero-order chi connectivity index (χ0) is 14.0. The second-order valence-corrected chi connectivity index (χ2v) is 4.94. The summed E-state index contributed by atoms with van der Waals surface area (Å²) in [4.78, 5) is 0. The molecule has 19 heavy (non-hydrogen) atoms. The van der Waals surface area contributed by atoms with Crippen LogP contribution in [0.3, 0.4) is 0 Å². The molecule has 1 atom stereocenters. The van der Waals surface area contributed by atoms with Gasteiger partial charge in [0, 0.05) is 18.5 Å². The highest BCUT2D eigenvalue weighted by atomic mass is 35.5. The van der Waals surface area contributed by atoms with Crippen LogP contribution in [0, 0.1) is 12.7 Å². The van der Waals surface area contributed by atoms with E-state index in [0.29, 0.717) is 17.1 Å². The number of aryl methyl sites for hydroxylation is 2. The lowest BCUT2D eigenvalue weighted by Gasteiger charge is -2.15. The molecule has 5 heteroatoms. The number of aliphatic hydroxyl groups is 1. The summed E-state index contributed by atoms with van der Waals surface area (Å²) in [7, 11) is 1.76. The molecule has 2 rings (SSSR count). The fourth-order valence-corrected chi connectivity index (χ4v) is 2.48. The van der Waals surface area contributed by atoms with Crippen LogP contribution in [0.15, 0.2) is 24.3 Å². The number of hydrogen-bond donors (Lipinski definition) is 1. The summed E-state index contributed by atoms with van der Waals surface area (Å²) < 4.78 is 15.4. The minimum Gasteiger partial charge on any atom is -0.396 e. The van der Waals surface area contributed by atoms with Gasteiger partial charge < -0.3 is 5.11 Å². The van der Waals surface area contributed by atoms with Crippen molar-refractivity contribution in [1.82, 2.24) is 9.78 Å². The molecular formula is C14H16ClFN2O. The fourth-order valence-electron chi connectivity index (χ4n) is 2.23. The molecule has 0 radical (unpaired) electrons. The maximum Gasteiger partial charge on any atom is 0.130 e. The molecule has 0 aliphatic carbocycles. The lowest BCUT2D eigenvalue weighted by atomic mass is 9.92. The Labute approximate surface area is 116 Å². The lowest BCUT2D eigenvalue weighted by molar-refractivity contribution is 0.261. The van der Waals surface area contributed by atoms with Crippen LogP contribution in [-0.4, -0.2) is 21.5 Å². The summed E-state index contributed by atoms with van der Waals surface area (Å²) >= 11 is 6.17. The van der Waals surface area contributed by atoms with Gasteiger partial charge in [-0.2, -0.15) is 5.10 Å². The van der Waals surface area contributed by atoms with Crippen LogP contribution < -0.4 is 0 Å². The van der Waals surface area contributed by atoms with Gasteiger partial charge in [0.05, 0.1) is 12.3 Å². The van der Waals surface area contributed by atoms with E-state index in [4.69, 9.17) is 11.6 Å². The van der Waals surface area contributed by atoms with Crippen molar-refractivity contribution in [2.75, 3.05) is 6.61 Å². The highest BCUT2D eigenvalue weighted by Crippen LogP contribution is 2.28. The van der Waals surface area contributed by atoms with Gasteiger partial charge in [-0.05, 0) is 25.0 Å². The Balaban J connectivity index is 2.32. The van der Waals surface area contributed by atoms with Gasteiger partial charge in [0.15, 0.2) is 0 Å². The Bertz CT molecular complexity index is 583. The van der Waals surface area contributed by atoms with Gasteiger partial charge in [0.2, 0.25) is 0 Å². The molecule has 1 heterocycles. The first-order valence-corrected chi connectivity index (χ1v) is 6.45. The molecule has 2 aromatic rings. The normalized spacial score (nSPS) is 12.7. The first-order valence-electron chi connectivity index (χ1n) is 6.07. The van der Waals surface area contributed by atoms with Crippen molar-refractivity contribution in [2.45, 2.75) is 19.3 Å². The van der Waals surface area contributed by atoms with Gasteiger partial charge in [0.1, 0.15) is 11.0 Å². The molecule has 1 unspecified atom stereocenters. The number of halogens is 2. The van der Waals surface area contributed by atoms with E-state index in [9.17, 15) is 9.50 Å². The van der Waals surface area contributed by atoms with Crippen LogP contribution in [0.4, 0.5) is 4.39 Å². The van der Waals surface area contributed by atoms with Crippen LogP contribution in [0.1, 0.15) is 22.7 Å². The minimum absolute atomic E-state index is 0.133. The topological polar surface area (TPSA) is 38.0 Å². The number of nitrogens with zero attached hydrogens (tertiary/aromatic N) is 2. The zero-order valence-electron chi connectivity index (χ0n) is 10.9. The average molecular weight is 283 g/mol. The van der Waals surface area contributed by atoms with Crippen LogP contribution in [-0.2, 0) is 13.5 Å². The van der Waals surface area contributed by atoms with Crippen molar-refractivity contribution in [2.24, 2.45) is 7.05 Å². The standard InChI is InChI=1S/C14H16ClFN2O/c1-9-12(14(15)18(2)17-9)7-10(8-19)11-5-3-4-6-13(11)16/h3-6,10,19H,7-8H2,1-2H3. The molecular weight excluding hydrogens is 267 g/mol. The molecule has 102 valence electrons. The number of benzene rings is 1. The van der Waals surface area contributed by atoms with Gasteiger partial charge in [0.25, 0.3) is 0 Å². The minimum atomic E-state index is -0.318. The monoisotopic (exact) mass is 282 g/mol. The third kappa shape index (κ3) is 2.80. The van der Waals surface area contributed by atoms with Crippen LogP contribution in [0.25, 0.3) is 0 Å². The fraction of sp³-hybridized carbons (Fsp3) is 0.357. The molecule has 0 bridgehead atoms. The maximum absolute atomic E-state index is 13.8. The van der Waals surface area contributed by atoms with Crippen molar-refractivity contribution in [3.8, 4) is 0 Å². The van der Waals surface area contributed by atoms with Gasteiger partial charge in [-0.1, -0.05) is 29.8 Å². The number of hydrogen-bond acceptors (Lipinski definition) is 2. The van der Waals surface area contributed by atoms with Crippen molar-refractivity contribution in [1.29, 1.82) is 0 Å². The van der Waals surface area contributed by atoms with E-state index in [1.54, 1.807) is 29.9 Å². The number of aliphatic hydroxyl groups excluding tert-OH is 1. The Morgan fingerprint density at radius 3 is 2.63 bits per heavy atom. The molecule has 1 aromatic carbocycles. The van der Waals surface area contributed by atoms with E-state index >= 15 is 0 Å². The summed E-state index contributed by atoms with van der Waals surface area (Å²) in [5.41, 5.74) is 2.16. The molecule has 0 spiro atoms. The van der Waals surface area contributed by atoms with Gasteiger partial charge in [-0.25, -0.2) is 4.39 Å². The lowest BCUT2D eigenvalue weighted by Crippen LogP contribution is -2.10. The molecule has 0 fully saturated rings. The molecule has 0 saturated heterocycles. The van der Waals surface area contributed by atoms with Gasteiger partial charge >= 0.3 is 0 Å². The third-order valence-corrected chi connectivity index (χ3v) is 3.76. The van der Waals surface area contributed by atoms with Crippen LogP contribution in [0.2, 0.25) is 5.15 Å². The second kappa shape index (κ2) is 5.72. The van der Waals surface area contributed by atoms with Crippen molar-refractivity contribution >= 4 is 11.6 Å². The predicted octanol–water partition coefficient (Wildman–Crippen LogP) is 2.84. The van der Waals surface area contributed by atoms with Crippen molar-refractivity contribution in [3.05, 3.63) is 52.1 Å². The number of rotatable bonds is 4. The van der Waals surface area contributed by atoms with E-state index < -0.39 is 0 Å². The Kier molecular flexibility index (Phi) is 4.22. The molecule has 1 aromatic heterocycles. The second-order valence-electron chi connectivity index (χ2n) is 4.58. The Morgan fingerprint density at radius 2 is 2.11 bits per heavy atom. The van der Waals surface area contributed by atoms with Gasteiger partial charge in [-0.15, -0.1) is 0 Å². The highest BCUT2D eigenvalue weighted by Gasteiger charge is 2.20. The third-order valence-electron chi connectivity index (χ3n) is 3.29. The molecule has 0 saturated carbocycles. The van der Waals surface area contributed by atoms with Crippen molar-refractivity contribution < 1.29 is 9.50 Å². The molecule has 3 nitrogen and oxygen atoms in total. The summed E-state index contributed by atoms with van der Waals surface area (Å²) in [6.45, 7) is 1.72. The summed E-state index contributed by atoms with van der Waals surface area (Å²) in [5, 5.41) is 14.3. The maximum atomic E-state index is 13.8. The quantitative estimate of drug-likeness (QED) is 0.936. The summed E-state index contributed by atoms with van der Waals surface area (Å²) in [6.07, 6.45) is 0.468. The van der Waals surface area contributed by atoms with E-state index in [0.717, 1.165) is 11.3 Å². The molecule has 0 aliphatic rings. The molecule has 0 amide bonds. The first kappa shape index (κ1) is 14.0. The van der Waals surface area contributed by atoms with Crippen molar-refractivity contribution in [3.63, 3.8) is 0 Å². The average Bonchev–Trinajstić information content (AvgIpc) is 2.63. The van der Waals surface area contributed by atoms with Crippen LogP contribution >= 0.6 is 11.6 Å². The Hall–Kier alpha value is -1.39. The predicted molar refractivity (Wildman–Crippen MR) is 72.9 cm³/mol. The molecule has 1 N–H and O–H groups in total. The molecule has 0 aliphatic heterocycles.